The number of hydrogen-bond donors (Lipinski definition) is 1. The molecule has 0 amide bonds. The quantitative estimate of drug-likeness (QED) is 0.903. The summed E-state index contributed by atoms with van der Waals surface area (Å²) in [6.45, 7) is 1.67. The van der Waals surface area contributed by atoms with Crippen molar-refractivity contribution in [3.63, 3.8) is 0 Å². The van der Waals surface area contributed by atoms with E-state index in [-0.39, 0.29) is 4.90 Å². The third-order valence-electron chi connectivity index (χ3n) is 4.26. The van der Waals surface area contributed by atoms with Gasteiger partial charge in [-0.1, -0.05) is 17.3 Å². The van der Waals surface area contributed by atoms with Gasteiger partial charge in [0.25, 0.3) is 0 Å². The molecule has 1 atom stereocenters. The van der Waals surface area contributed by atoms with E-state index >= 15 is 0 Å². The molecule has 2 aromatic rings. The van der Waals surface area contributed by atoms with Crippen molar-refractivity contribution in [1.82, 2.24) is 9.46 Å². The summed E-state index contributed by atoms with van der Waals surface area (Å²) in [5, 5.41) is 3.67. The zero-order valence-corrected chi connectivity index (χ0v) is 13.7. The summed E-state index contributed by atoms with van der Waals surface area (Å²) in [5.74, 6) is 0.792. The van der Waals surface area contributed by atoms with Crippen LogP contribution in [0, 0.1) is 5.92 Å². The maximum atomic E-state index is 13.1. The largest absolute Gasteiger partial charge is 0.356 e. The summed E-state index contributed by atoms with van der Waals surface area (Å²) in [4.78, 5) is 0.269. The van der Waals surface area contributed by atoms with Gasteiger partial charge in [0.05, 0.1) is 11.1 Å². The van der Waals surface area contributed by atoms with Crippen LogP contribution in [0.25, 0.3) is 11.3 Å². The minimum atomic E-state index is -3.57. The maximum Gasteiger partial charge on any atom is 0.243 e. The number of piperidine rings is 1. The van der Waals surface area contributed by atoms with E-state index in [1.54, 1.807) is 34.6 Å². The second-order valence-electron chi connectivity index (χ2n) is 5.82. The SMILES string of the molecule is NCCC1CCCN(S(=O)(=O)c2ccccc2-c2ccno2)C1. The number of rotatable bonds is 5. The topological polar surface area (TPSA) is 89.4 Å². The second-order valence-corrected chi connectivity index (χ2v) is 7.73. The first-order valence-corrected chi connectivity index (χ1v) is 9.27. The van der Waals surface area contributed by atoms with E-state index in [1.807, 2.05) is 0 Å². The molecule has 1 saturated heterocycles. The van der Waals surface area contributed by atoms with Crippen molar-refractivity contribution in [3.8, 4) is 11.3 Å². The molecule has 6 nitrogen and oxygen atoms in total. The zero-order valence-electron chi connectivity index (χ0n) is 12.9. The molecular weight excluding hydrogens is 314 g/mol. The van der Waals surface area contributed by atoms with Gasteiger partial charge in [0.15, 0.2) is 5.76 Å². The van der Waals surface area contributed by atoms with Crippen LogP contribution in [0.4, 0.5) is 0 Å². The monoisotopic (exact) mass is 335 g/mol. The Labute approximate surface area is 136 Å². The Hall–Kier alpha value is -1.70. The van der Waals surface area contributed by atoms with Crippen LogP contribution in [-0.4, -0.2) is 37.5 Å². The molecule has 1 aliphatic rings. The number of hydrogen-bond acceptors (Lipinski definition) is 5. The molecule has 2 N–H and O–H groups in total. The summed E-state index contributed by atoms with van der Waals surface area (Å²) in [7, 11) is -3.57. The first kappa shape index (κ1) is 16.2. The van der Waals surface area contributed by atoms with E-state index in [0.717, 1.165) is 19.3 Å². The highest BCUT2D eigenvalue weighted by Crippen LogP contribution is 2.31. The van der Waals surface area contributed by atoms with Gasteiger partial charge >= 0.3 is 0 Å². The van der Waals surface area contributed by atoms with Crippen LogP contribution in [0.1, 0.15) is 19.3 Å². The first-order chi connectivity index (χ1) is 11.1. The van der Waals surface area contributed by atoms with Crippen molar-refractivity contribution < 1.29 is 12.9 Å². The molecule has 0 spiro atoms. The van der Waals surface area contributed by atoms with Crippen LogP contribution in [0.3, 0.4) is 0 Å². The average Bonchev–Trinajstić information content (AvgIpc) is 3.10. The Kier molecular flexibility index (Phi) is 4.79. The molecule has 23 heavy (non-hydrogen) atoms. The molecule has 1 aromatic heterocycles. The van der Waals surface area contributed by atoms with Crippen LogP contribution >= 0.6 is 0 Å². The first-order valence-electron chi connectivity index (χ1n) is 7.83. The summed E-state index contributed by atoms with van der Waals surface area (Å²) >= 11 is 0. The van der Waals surface area contributed by atoms with Crippen molar-refractivity contribution in [2.45, 2.75) is 24.2 Å². The van der Waals surface area contributed by atoms with Gasteiger partial charge in [0.2, 0.25) is 10.0 Å². The average molecular weight is 335 g/mol. The predicted molar refractivity (Wildman–Crippen MR) is 87.1 cm³/mol. The summed E-state index contributed by atoms with van der Waals surface area (Å²) < 4.78 is 32.9. The molecule has 1 aromatic carbocycles. The van der Waals surface area contributed by atoms with Gasteiger partial charge in [-0.25, -0.2) is 8.42 Å². The number of sulfonamides is 1. The lowest BCUT2D eigenvalue weighted by molar-refractivity contribution is 0.258. The van der Waals surface area contributed by atoms with E-state index in [4.69, 9.17) is 10.3 Å². The van der Waals surface area contributed by atoms with Gasteiger partial charge in [-0.3, -0.25) is 0 Å². The van der Waals surface area contributed by atoms with Gasteiger partial charge in [-0.2, -0.15) is 4.31 Å². The third kappa shape index (κ3) is 3.31. The summed E-state index contributed by atoms with van der Waals surface area (Å²) in [6.07, 6.45) is 4.27. The molecule has 1 aliphatic heterocycles. The standard InChI is InChI=1S/C16H21N3O3S/c17-9-7-13-4-3-11-19(12-13)23(20,21)16-6-2-1-5-14(16)15-8-10-18-22-15/h1-2,5-6,8,10,13H,3-4,7,9,11-12,17H2. The van der Waals surface area contributed by atoms with E-state index in [0.29, 0.717) is 36.9 Å². The lowest BCUT2D eigenvalue weighted by atomic mass is 9.96. The van der Waals surface area contributed by atoms with Gasteiger partial charge in [-0.05, 0) is 43.9 Å². The summed E-state index contributed by atoms with van der Waals surface area (Å²) in [5.41, 5.74) is 6.17. The van der Waals surface area contributed by atoms with Gasteiger partial charge in [0.1, 0.15) is 0 Å². The molecule has 0 radical (unpaired) electrons. The Bertz CT molecular complexity index is 742. The smallest absolute Gasteiger partial charge is 0.243 e. The Morgan fingerprint density at radius 3 is 2.87 bits per heavy atom. The van der Waals surface area contributed by atoms with Crippen molar-refractivity contribution in [2.75, 3.05) is 19.6 Å². The highest BCUT2D eigenvalue weighted by Gasteiger charge is 2.32. The van der Waals surface area contributed by atoms with Crippen LogP contribution < -0.4 is 5.73 Å². The molecule has 124 valence electrons. The Morgan fingerprint density at radius 2 is 2.13 bits per heavy atom. The number of benzene rings is 1. The molecule has 7 heteroatoms. The van der Waals surface area contributed by atoms with Crippen molar-refractivity contribution in [2.24, 2.45) is 11.7 Å². The minimum absolute atomic E-state index is 0.269. The number of nitrogens with two attached hydrogens (primary N) is 1. The van der Waals surface area contributed by atoms with Gasteiger partial charge in [-0.15, -0.1) is 0 Å². The predicted octanol–water partition coefficient (Wildman–Crippen LogP) is 2.09. The van der Waals surface area contributed by atoms with E-state index in [1.165, 1.54) is 6.20 Å². The van der Waals surface area contributed by atoms with Crippen molar-refractivity contribution in [1.29, 1.82) is 0 Å². The minimum Gasteiger partial charge on any atom is -0.356 e. The van der Waals surface area contributed by atoms with Crippen LogP contribution in [0.5, 0.6) is 0 Å². The lowest BCUT2D eigenvalue weighted by Gasteiger charge is -2.32. The number of nitrogens with zero attached hydrogens (tertiary/aromatic N) is 2. The van der Waals surface area contributed by atoms with Crippen molar-refractivity contribution in [3.05, 3.63) is 36.5 Å². The van der Waals surface area contributed by atoms with Crippen LogP contribution in [0.15, 0.2) is 45.9 Å². The molecule has 0 saturated carbocycles. The Balaban J connectivity index is 1.94. The molecule has 2 heterocycles. The maximum absolute atomic E-state index is 13.1. The lowest BCUT2D eigenvalue weighted by Crippen LogP contribution is -2.40. The zero-order chi connectivity index (χ0) is 16.3. The Morgan fingerprint density at radius 1 is 1.30 bits per heavy atom. The van der Waals surface area contributed by atoms with Gasteiger partial charge in [0, 0.05) is 24.7 Å². The molecule has 1 fully saturated rings. The van der Waals surface area contributed by atoms with E-state index < -0.39 is 10.0 Å². The van der Waals surface area contributed by atoms with Crippen LogP contribution in [0.2, 0.25) is 0 Å². The highest BCUT2D eigenvalue weighted by atomic mass is 32.2. The van der Waals surface area contributed by atoms with E-state index in [2.05, 4.69) is 5.16 Å². The molecule has 1 unspecified atom stereocenters. The normalized spacial score (nSPS) is 19.8. The fraction of sp³-hybridized carbons (Fsp3) is 0.438. The second kappa shape index (κ2) is 6.82. The molecule has 0 bridgehead atoms. The fourth-order valence-electron chi connectivity index (χ4n) is 3.11. The van der Waals surface area contributed by atoms with Gasteiger partial charge < -0.3 is 10.3 Å². The molecule has 3 rings (SSSR count). The van der Waals surface area contributed by atoms with E-state index in [9.17, 15) is 8.42 Å². The number of aromatic nitrogens is 1. The third-order valence-corrected chi connectivity index (χ3v) is 6.19. The van der Waals surface area contributed by atoms with Crippen molar-refractivity contribution >= 4 is 10.0 Å². The molecule has 0 aliphatic carbocycles. The highest BCUT2D eigenvalue weighted by molar-refractivity contribution is 7.89. The molecular formula is C16H21N3O3S. The fourth-order valence-corrected chi connectivity index (χ4v) is 4.86. The summed E-state index contributed by atoms with van der Waals surface area (Å²) in [6, 6.07) is 8.56. The van der Waals surface area contributed by atoms with Crippen LogP contribution in [-0.2, 0) is 10.0 Å².